The Labute approximate surface area is 262 Å². The Balaban J connectivity index is 1.33. The predicted octanol–water partition coefficient (Wildman–Crippen LogP) is 5.86. The molecule has 0 radical (unpaired) electrons. The van der Waals surface area contributed by atoms with Gasteiger partial charge in [-0.25, -0.2) is 9.59 Å². The zero-order valence-corrected chi connectivity index (χ0v) is 25.8. The molecule has 0 aliphatic carbocycles. The molecule has 4 rings (SSSR count). The Bertz CT molecular complexity index is 1580. The number of piperidine rings is 1. The summed E-state index contributed by atoms with van der Waals surface area (Å²) in [6, 6.07) is 23.6. The number of likely N-dealkylation sites (tertiary alicyclic amines) is 1. The lowest BCUT2D eigenvalue weighted by Crippen LogP contribution is -2.37. The van der Waals surface area contributed by atoms with Gasteiger partial charge in [0, 0.05) is 24.2 Å². The van der Waals surface area contributed by atoms with E-state index >= 15 is 0 Å². The largest absolute Gasteiger partial charge is 0.463 e. The van der Waals surface area contributed by atoms with Crippen molar-refractivity contribution in [2.45, 2.75) is 40.2 Å². The zero-order chi connectivity index (χ0) is 32.6. The topological polar surface area (TPSA) is 135 Å². The molecule has 45 heavy (non-hydrogen) atoms. The van der Waals surface area contributed by atoms with Crippen molar-refractivity contribution in [2.24, 2.45) is 5.41 Å². The number of amides is 2. The Morgan fingerprint density at radius 3 is 1.91 bits per heavy atom. The summed E-state index contributed by atoms with van der Waals surface area (Å²) in [4.78, 5) is 51.8. The third-order valence-electron chi connectivity index (χ3n) is 7.23. The van der Waals surface area contributed by atoms with Crippen molar-refractivity contribution in [3.05, 3.63) is 107 Å². The van der Waals surface area contributed by atoms with Crippen molar-refractivity contribution < 1.29 is 33.4 Å². The maximum Gasteiger partial charge on any atom is 0.413 e. The molecule has 1 aliphatic heterocycles. The molecule has 1 heterocycles. The fourth-order valence-electron chi connectivity index (χ4n) is 4.55. The summed E-state index contributed by atoms with van der Waals surface area (Å²) in [6.07, 6.45) is 0.0567. The van der Waals surface area contributed by atoms with E-state index in [0.29, 0.717) is 42.6 Å². The number of carbonyl (C=O) groups is 4. The number of hydrogen-bond acceptors (Lipinski definition) is 8. The normalized spacial score (nSPS) is 13.0. The molecule has 1 saturated heterocycles. The second-order valence-electron chi connectivity index (χ2n) is 11.6. The van der Waals surface area contributed by atoms with Crippen LogP contribution < -0.4 is 5.32 Å². The van der Waals surface area contributed by atoms with Crippen LogP contribution in [-0.2, 0) is 30.4 Å². The van der Waals surface area contributed by atoms with Gasteiger partial charge in [0.25, 0.3) is 5.91 Å². The van der Waals surface area contributed by atoms with Crippen LogP contribution in [0.5, 0.6) is 0 Å². The summed E-state index contributed by atoms with van der Waals surface area (Å²) < 4.78 is 15.5. The summed E-state index contributed by atoms with van der Waals surface area (Å²) >= 11 is 0. The van der Waals surface area contributed by atoms with Gasteiger partial charge in [-0.15, -0.1) is 0 Å². The molecular formula is C35H37N3O7. The van der Waals surface area contributed by atoms with Gasteiger partial charge in [0.15, 0.2) is 0 Å². The molecule has 234 valence electrons. The lowest BCUT2D eigenvalue weighted by molar-refractivity contribution is -0.155. The first-order valence-corrected chi connectivity index (χ1v) is 14.6. The van der Waals surface area contributed by atoms with Gasteiger partial charge >= 0.3 is 18.0 Å². The van der Waals surface area contributed by atoms with Crippen LogP contribution in [0.3, 0.4) is 0 Å². The van der Waals surface area contributed by atoms with E-state index in [1.54, 1.807) is 49.9 Å². The number of esters is 2. The number of rotatable bonds is 7. The van der Waals surface area contributed by atoms with Gasteiger partial charge in [0.05, 0.1) is 12.5 Å². The van der Waals surface area contributed by atoms with Crippen molar-refractivity contribution in [3.63, 3.8) is 0 Å². The summed E-state index contributed by atoms with van der Waals surface area (Å²) in [7, 11) is 1.24. The van der Waals surface area contributed by atoms with Gasteiger partial charge < -0.3 is 19.1 Å². The van der Waals surface area contributed by atoms with Gasteiger partial charge in [-0.3, -0.25) is 20.3 Å². The predicted molar refractivity (Wildman–Crippen MR) is 168 cm³/mol. The van der Waals surface area contributed by atoms with E-state index in [0.717, 1.165) is 16.7 Å². The first kappa shape index (κ1) is 32.7. The summed E-state index contributed by atoms with van der Waals surface area (Å²) in [5.74, 6) is -1.54. The molecule has 3 aromatic rings. The van der Waals surface area contributed by atoms with Crippen LogP contribution in [0, 0.1) is 10.8 Å². The smallest absolute Gasteiger partial charge is 0.413 e. The first-order chi connectivity index (χ1) is 21.5. The van der Waals surface area contributed by atoms with E-state index in [1.807, 2.05) is 54.6 Å². The van der Waals surface area contributed by atoms with Gasteiger partial charge in [-0.05, 0) is 68.0 Å². The molecule has 1 aliphatic rings. The number of hydrogen-bond donors (Lipinski definition) is 2. The number of nitrogens with one attached hydrogen (secondary N) is 2. The number of methoxy groups -OCH3 is 1. The number of amidine groups is 1. The Hall–Kier alpha value is -5.25. The van der Waals surface area contributed by atoms with Crippen molar-refractivity contribution in [3.8, 4) is 11.1 Å². The molecule has 0 atom stereocenters. The van der Waals surface area contributed by atoms with Crippen LogP contribution in [0.4, 0.5) is 4.79 Å². The van der Waals surface area contributed by atoms with E-state index in [9.17, 15) is 19.2 Å². The van der Waals surface area contributed by atoms with Gasteiger partial charge in [0.2, 0.25) is 5.76 Å². The lowest BCUT2D eigenvalue weighted by atomic mass is 9.97. The van der Waals surface area contributed by atoms with Crippen LogP contribution in [0.1, 0.15) is 55.1 Å². The van der Waals surface area contributed by atoms with Crippen LogP contribution in [-0.4, -0.2) is 54.9 Å². The molecule has 2 amide bonds. The standard InChI is InChI=1S/C35H37N3O7/c1-35(2,3)33(41)45-29(32(40)43-4)26-18-20-38(21-19-26)31(39)28-16-12-25(13-17-28)24-10-14-27(15-11-24)30(36)37-34(42)44-22-23-8-6-5-7-9-23/h5-17H,18-22H2,1-4H3,(H2,36,37,42). The Morgan fingerprint density at radius 2 is 1.38 bits per heavy atom. The molecule has 0 spiro atoms. The van der Waals surface area contributed by atoms with E-state index in [4.69, 9.17) is 19.6 Å². The Kier molecular flexibility index (Phi) is 10.5. The SMILES string of the molecule is COC(=O)C(OC(=O)C(C)(C)C)=C1CCN(C(=O)c2ccc(-c3ccc(C(=N)NC(=O)OCc4ccccc4)cc3)cc2)CC1. The molecule has 0 saturated carbocycles. The quantitative estimate of drug-likeness (QED) is 0.0854. The number of alkyl carbamates (subject to hydrolysis) is 1. The number of benzene rings is 3. The maximum atomic E-state index is 13.2. The fourth-order valence-corrected chi connectivity index (χ4v) is 4.55. The van der Waals surface area contributed by atoms with Crippen LogP contribution in [0.2, 0.25) is 0 Å². The lowest BCUT2D eigenvalue weighted by Gasteiger charge is -2.29. The van der Waals surface area contributed by atoms with Crippen LogP contribution in [0.25, 0.3) is 11.1 Å². The zero-order valence-electron chi connectivity index (χ0n) is 25.8. The van der Waals surface area contributed by atoms with Crippen LogP contribution >= 0.6 is 0 Å². The van der Waals surface area contributed by atoms with Crippen molar-refractivity contribution in [1.29, 1.82) is 5.41 Å². The molecule has 10 heteroatoms. The third kappa shape index (κ3) is 8.66. The number of carbonyl (C=O) groups excluding carboxylic acids is 4. The molecule has 10 nitrogen and oxygen atoms in total. The molecule has 0 aromatic heterocycles. The average Bonchev–Trinajstić information content (AvgIpc) is 3.05. The minimum absolute atomic E-state index is 0.0776. The van der Waals surface area contributed by atoms with Gasteiger partial charge in [-0.1, -0.05) is 66.7 Å². The highest BCUT2D eigenvalue weighted by Gasteiger charge is 2.31. The van der Waals surface area contributed by atoms with E-state index in [2.05, 4.69) is 5.32 Å². The third-order valence-corrected chi connectivity index (χ3v) is 7.23. The minimum Gasteiger partial charge on any atom is -0.463 e. The van der Waals surface area contributed by atoms with E-state index in [1.165, 1.54) is 7.11 Å². The summed E-state index contributed by atoms with van der Waals surface area (Å²) in [5, 5.41) is 10.7. The number of ether oxygens (including phenoxy) is 3. The van der Waals surface area contributed by atoms with Gasteiger partial charge in [-0.2, -0.15) is 0 Å². The van der Waals surface area contributed by atoms with E-state index < -0.39 is 23.4 Å². The highest BCUT2D eigenvalue weighted by molar-refractivity contribution is 6.04. The second kappa shape index (κ2) is 14.5. The first-order valence-electron chi connectivity index (χ1n) is 14.6. The molecule has 3 aromatic carbocycles. The van der Waals surface area contributed by atoms with Crippen LogP contribution in [0.15, 0.2) is 90.2 Å². The average molecular weight is 612 g/mol. The molecule has 2 N–H and O–H groups in total. The Morgan fingerprint density at radius 1 is 0.822 bits per heavy atom. The molecule has 1 fully saturated rings. The monoisotopic (exact) mass is 611 g/mol. The molecular weight excluding hydrogens is 574 g/mol. The van der Waals surface area contributed by atoms with E-state index in [-0.39, 0.29) is 24.1 Å². The highest BCUT2D eigenvalue weighted by atomic mass is 16.6. The van der Waals surface area contributed by atoms with Crippen molar-refractivity contribution >= 4 is 29.8 Å². The second-order valence-corrected chi connectivity index (χ2v) is 11.6. The minimum atomic E-state index is -0.788. The molecule has 0 bridgehead atoms. The summed E-state index contributed by atoms with van der Waals surface area (Å²) in [5.41, 5.74) is 3.51. The van der Waals surface area contributed by atoms with Crippen molar-refractivity contribution in [1.82, 2.24) is 10.2 Å². The summed E-state index contributed by atoms with van der Waals surface area (Å²) in [6.45, 7) is 5.95. The number of nitrogens with zero attached hydrogens (tertiary/aromatic N) is 1. The fraction of sp³-hybridized carbons (Fsp3) is 0.286. The highest BCUT2D eigenvalue weighted by Crippen LogP contribution is 2.27. The maximum absolute atomic E-state index is 13.2. The van der Waals surface area contributed by atoms with Crippen molar-refractivity contribution in [2.75, 3.05) is 20.2 Å². The van der Waals surface area contributed by atoms with Gasteiger partial charge in [0.1, 0.15) is 12.4 Å². The molecule has 0 unspecified atom stereocenters.